The maximum atomic E-state index is 12.2. The molecule has 1 aromatic heterocycles. The van der Waals surface area contributed by atoms with Crippen molar-refractivity contribution < 1.29 is 14.3 Å². The number of nitrogens with zero attached hydrogens (tertiary/aromatic N) is 1. The van der Waals surface area contributed by atoms with Crippen molar-refractivity contribution in [3.63, 3.8) is 0 Å². The second-order valence-corrected chi connectivity index (χ2v) is 5.34. The molecule has 1 saturated heterocycles. The first kappa shape index (κ1) is 14.7. The summed E-state index contributed by atoms with van der Waals surface area (Å²) < 4.78 is 5.32. The quantitative estimate of drug-likeness (QED) is 0.857. The number of pyridine rings is 1. The minimum atomic E-state index is -0.140. The molecule has 108 valence electrons. The minimum Gasteiger partial charge on any atom is -0.381 e. The van der Waals surface area contributed by atoms with E-state index in [2.05, 4.69) is 10.3 Å². The summed E-state index contributed by atoms with van der Waals surface area (Å²) in [4.78, 5) is 28.3. The molecule has 0 aliphatic carbocycles. The molecule has 0 bridgehead atoms. The van der Waals surface area contributed by atoms with Gasteiger partial charge in [0.05, 0.1) is 23.8 Å². The highest BCUT2D eigenvalue weighted by atomic mass is 16.5. The SMILES string of the molecule is CC(C)C(=O)c1cnccc1NC(=O)[C@@H]1CCCOC1. The monoisotopic (exact) mass is 276 g/mol. The van der Waals surface area contributed by atoms with Crippen LogP contribution in [0.2, 0.25) is 0 Å². The molecular formula is C15H20N2O3. The van der Waals surface area contributed by atoms with Crippen LogP contribution in [0.25, 0.3) is 0 Å². The van der Waals surface area contributed by atoms with Gasteiger partial charge in [0.25, 0.3) is 0 Å². The van der Waals surface area contributed by atoms with E-state index in [1.165, 1.54) is 6.20 Å². The molecule has 0 spiro atoms. The highest BCUT2D eigenvalue weighted by molar-refractivity contribution is 6.05. The van der Waals surface area contributed by atoms with E-state index < -0.39 is 0 Å². The Labute approximate surface area is 118 Å². The van der Waals surface area contributed by atoms with Gasteiger partial charge in [-0.3, -0.25) is 14.6 Å². The Morgan fingerprint density at radius 2 is 2.25 bits per heavy atom. The number of amides is 1. The van der Waals surface area contributed by atoms with E-state index in [1.807, 2.05) is 13.8 Å². The fourth-order valence-corrected chi connectivity index (χ4v) is 2.19. The number of hydrogen-bond donors (Lipinski definition) is 1. The summed E-state index contributed by atoms with van der Waals surface area (Å²) in [5.74, 6) is -0.381. The molecule has 0 radical (unpaired) electrons. The van der Waals surface area contributed by atoms with E-state index in [9.17, 15) is 9.59 Å². The molecule has 1 aromatic rings. The largest absolute Gasteiger partial charge is 0.381 e. The molecule has 1 atom stereocenters. The standard InChI is InChI=1S/C15H20N2O3/c1-10(2)14(18)12-8-16-6-5-13(12)17-15(19)11-4-3-7-20-9-11/h5-6,8,10-11H,3-4,7,9H2,1-2H3,(H,16,17,19)/t11-/m1/s1. The molecule has 2 rings (SSSR count). The Bertz CT molecular complexity index is 494. The fraction of sp³-hybridized carbons (Fsp3) is 0.533. The summed E-state index contributed by atoms with van der Waals surface area (Å²) in [6, 6.07) is 1.66. The van der Waals surface area contributed by atoms with Gasteiger partial charge in [0.1, 0.15) is 0 Å². The van der Waals surface area contributed by atoms with Crippen LogP contribution in [-0.2, 0) is 9.53 Å². The predicted octanol–water partition coefficient (Wildman–Crippen LogP) is 2.29. The van der Waals surface area contributed by atoms with Crippen molar-refractivity contribution in [1.29, 1.82) is 0 Å². The summed E-state index contributed by atoms with van der Waals surface area (Å²) in [5, 5.41) is 2.84. The molecule has 0 saturated carbocycles. The first-order chi connectivity index (χ1) is 9.59. The number of hydrogen-bond acceptors (Lipinski definition) is 4. The average Bonchev–Trinajstić information content (AvgIpc) is 2.48. The van der Waals surface area contributed by atoms with Crippen LogP contribution < -0.4 is 5.32 Å². The fourth-order valence-electron chi connectivity index (χ4n) is 2.19. The van der Waals surface area contributed by atoms with Crippen LogP contribution >= 0.6 is 0 Å². The van der Waals surface area contributed by atoms with E-state index in [-0.39, 0.29) is 23.5 Å². The van der Waals surface area contributed by atoms with Gasteiger partial charge in [-0.25, -0.2) is 0 Å². The van der Waals surface area contributed by atoms with E-state index in [0.717, 1.165) is 19.4 Å². The van der Waals surface area contributed by atoms with Gasteiger partial charge in [-0.1, -0.05) is 13.8 Å². The molecule has 5 nitrogen and oxygen atoms in total. The molecule has 0 aromatic carbocycles. The van der Waals surface area contributed by atoms with E-state index >= 15 is 0 Å². The predicted molar refractivity (Wildman–Crippen MR) is 75.6 cm³/mol. The third-order valence-electron chi connectivity index (χ3n) is 3.40. The molecular weight excluding hydrogens is 256 g/mol. The number of rotatable bonds is 4. The van der Waals surface area contributed by atoms with Gasteiger partial charge in [-0.2, -0.15) is 0 Å². The first-order valence-corrected chi connectivity index (χ1v) is 6.96. The Morgan fingerprint density at radius 1 is 1.45 bits per heavy atom. The lowest BCUT2D eigenvalue weighted by atomic mass is 9.99. The van der Waals surface area contributed by atoms with Crippen LogP contribution in [0.4, 0.5) is 5.69 Å². The molecule has 1 fully saturated rings. The van der Waals surface area contributed by atoms with E-state index in [4.69, 9.17) is 4.74 Å². The van der Waals surface area contributed by atoms with Crippen molar-refractivity contribution in [2.24, 2.45) is 11.8 Å². The number of carbonyl (C=O) groups excluding carboxylic acids is 2. The van der Waals surface area contributed by atoms with Gasteiger partial charge in [0.15, 0.2) is 5.78 Å². The number of Topliss-reactive ketones (excluding diaryl/α,β-unsaturated/α-hetero) is 1. The van der Waals surface area contributed by atoms with Crippen molar-refractivity contribution >= 4 is 17.4 Å². The number of nitrogens with one attached hydrogen (secondary N) is 1. The van der Waals surface area contributed by atoms with Crippen LogP contribution in [0.15, 0.2) is 18.5 Å². The van der Waals surface area contributed by atoms with Crippen LogP contribution in [0.3, 0.4) is 0 Å². The highest BCUT2D eigenvalue weighted by Crippen LogP contribution is 2.21. The summed E-state index contributed by atoms with van der Waals surface area (Å²) in [6.45, 7) is 4.83. The summed E-state index contributed by atoms with van der Waals surface area (Å²) in [7, 11) is 0. The lowest BCUT2D eigenvalue weighted by Gasteiger charge is -2.21. The number of ether oxygens (including phenoxy) is 1. The Kier molecular flexibility index (Phi) is 4.84. The zero-order valence-corrected chi connectivity index (χ0v) is 11.9. The molecule has 5 heteroatoms. The maximum Gasteiger partial charge on any atom is 0.229 e. The lowest BCUT2D eigenvalue weighted by molar-refractivity contribution is -0.123. The molecule has 2 heterocycles. The minimum absolute atomic E-state index is 0.0201. The van der Waals surface area contributed by atoms with E-state index in [0.29, 0.717) is 17.9 Å². The van der Waals surface area contributed by atoms with Gasteiger partial charge in [-0.15, -0.1) is 0 Å². The second kappa shape index (κ2) is 6.61. The third-order valence-corrected chi connectivity index (χ3v) is 3.40. The Balaban J connectivity index is 2.12. The van der Waals surface area contributed by atoms with Crippen molar-refractivity contribution in [3.8, 4) is 0 Å². The molecule has 1 aliphatic heterocycles. The van der Waals surface area contributed by atoms with Crippen molar-refractivity contribution in [1.82, 2.24) is 4.98 Å². The summed E-state index contributed by atoms with van der Waals surface area (Å²) in [5.41, 5.74) is 1.00. The molecule has 20 heavy (non-hydrogen) atoms. The van der Waals surface area contributed by atoms with Gasteiger partial charge in [0, 0.05) is 24.9 Å². The molecule has 1 N–H and O–H groups in total. The van der Waals surface area contributed by atoms with Crippen molar-refractivity contribution in [2.75, 3.05) is 18.5 Å². The van der Waals surface area contributed by atoms with Crippen LogP contribution in [-0.4, -0.2) is 29.9 Å². The first-order valence-electron chi connectivity index (χ1n) is 6.96. The number of anilines is 1. The topological polar surface area (TPSA) is 68.3 Å². The Morgan fingerprint density at radius 3 is 2.90 bits per heavy atom. The number of ketones is 1. The lowest BCUT2D eigenvalue weighted by Crippen LogP contribution is -2.30. The molecule has 1 amide bonds. The van der Waals surface area contributed by atoms with Gasteiger partial charge < -0.3 is 10.1 Å². The molecule has 0 unspecified atom stereocenters. The van der Waals surface area contributed by atoms with Crippen molar-refractivity contribution in [3.05, 3.63) is 24.0 Å². The average molecular weight is 276 g/mol. The van der Waals surface area contributed by atoms with Crippen LogP contribution in [0, 0.1) is 11.8 Å². The Hall–Kier alpha value is -1.75. The van der Waals surface area contributed by atoms with E-state index in [1.54, 1.807) is 12.3 Å². The smallest absolute Gasteiger partial charge is 0.229 e. The normalized spacial score (nSPS) is 18.9. The van der Waals surface area contributed by atoms with Gasteiger partial charge in [0.2, 0.25) is 5.91 Å². The highest BCUT2D eigenvalue weighted by Gasteiger charge is 2.23. The summed E-state index contributed by atoms with van der Waals surface area (Å²) >= 11 is 0. The zero-order chi connectivity index (χ0) is 14.5. The number of aromatic nitrogens is 1. The summed E-state index contributed by atoms with van der Waals surface area (Å²) in [6.07, 6.45) is 4.80. The second-order valence-electron chi connectivity index (χ2n) is 5.34. The molecule has 1 aliphatic rings. The number of carbonyl (C=O) groups is 2. The third kappa shape index (κ3) is 3.42. The maximum absolute atomic E-state index is 12.2. The van der Waals surface area contributed by atoms with Crippen molar-refractivity contribution in [2.45, 2.75) is 26.7 Å². The van der Waals surface area contributed by atoms with Crippen LogP contribution in [0.1, 0.15) is 37.0 Å². The van der Waals surface area contributed by atoms with Gasteiger partial charge in [-0.05, 0) is 18.9 Å². The zero-order valence-electron chi connectivity index (χ0n) is 11.9. The van der Waals surface area contributed by atoms with Gasteiger partial charge >= 0.3 is 0 Å². The van der Waals surface area contributed by atoms with Crippen LogP contribution in [0.5, 0.6) is 0 Å².